The van der Waals surface area contributed by atoms with Crippen LogP contribution in [0.2, 0.25) is 0 Å². The maximum atomic E-state index is 11.9. The zero-order chi connectivity index (χ0) is 16.6. The zero-order valence-electron chi connectivity index (χ0n) is 12.1. The summed E-state index contributed by atoms with van der Waals surface area (Å²) < 4.78 is 0. The lowest BCUT2D eigenvalue weighted by Crippen LogP contribution is -2.55. The highest BCUT2D eigenvalue weighted by Crippen LogP contribution is 2.03. The van der Waals surface area contributed by atoms with Crippen molar-refractivity contribution in [3.05, 3.63) is 0 Å². The molecule has 0 aliphatic rings. The van der Waals surface area contributed by atoms with Gasteiger partial charge < -0.3 is 21.5 Å². The highest BCUT2D eigenvalue weighted by atomic mass is 32.1. The average molecular weight is 337 g/mol. The molecule has 122 valence electrons. The number of carboxylic acid groups (broad SMARTS) is 1. The Kier molecular flexibility index (Phi) is 9.47. The minimum absolute atomic E-state index is 0.0326. The number of hydrogen-bond acceptors (Lipinski definition) is 6. The molecule has 0 aromatic heterocycles. The largest absolute Gasteiger partial charge is 0.480 e. The van der Waals surface area contributed by atoms with Crippen molar-refractivity contribution in [2.24, 2.45) is 11.7 Å². The van der Waals surface area contributed by atoms with E-state index in [4.69, 9.17) is 10.8 Å². The number of aliphatic carboxylic acids is 1. The molecular formula is C12H23N3O4S2. The second-order valence-electron chi connectivity index (χ2n) is 5.06. The topological polar surface area (TPSA) is 122 Å². The summed E-state index contributed by atoms with van der Waals surface area (Å²) in [6, 6.07) is -2.79. The van der Waals surface area contributed by atoms with Crippen molar-refractivity contribution < 1.29 is 19.5 Å². The quantitative estimate of drug-likeness (QED) is 0.310. The van der Waals surface area contributed by atoms with Gasteiger partial charge in [-0.3, -0.25) is 9.59 Å². The first-order valence-corrected chi connectivity index (χ1v) is 7.80. The van der Waals surface area contributed by atoms with Crippen LogP contribution < -0.4 is 16.4 Å². The van der Waals surface area contributed by atoms with Gasteiger partial charge >= 0.3 is 5.97 Å². The number of nitrogens with two attached hydrogens (primary N) is 1. The number of hydrogen-bond donors (Lipinski definition) is 6. The van der Waals surface area contributed by atoms with Gasteiger partial charge in [-0.05, 0) is 12.3 Å². The van der Waals surface area contributed by atoms with Crippen LogP contribution in [0.4, 0.5) is 0 Å². The summed E-state index contributed by atoms with van der Waals surface area (Å²) in [6.07, 6.45) is 0.487. The maximum Gasteiger partial charge on any atom is 0.327 e. The molecule has 0 fully saturated rings. The second-order valence-corrected chi connectivity index (χ2v) is 5.79. The van der Waals surface area contributed by atoms with Crippen LogP contribution in [-0.2, 0) is 14.4 Å². The van der Waals surface area contributed by atoms with Crippen molar-refractivity contribution >= 4 is 43.0 Å². The molecule has 3 unspecified atom stereocenters. The van der Waals surface area contributed by atoms with E-state index in [1.165, 1.54) is 0 Å². The monoisotopic (exact) mass is 337 g/mol. The average Bonchev–Trinajstić information content (AvgIpc) is 2.40. The molecule has 0 heterocycles. The Morgan fingerprint density at radius 3 is 1.90 bits per heavy atom. The normalized spacial score (nSPS) is 15.1. The SMILES string of the molecule is CC(C)CC(N)C(=O)NC(CS)C(=O)NC(CS)C(=O)O. The number of carboxylic acids is 1. The Balaban J connectivity index is 4.59. The van der Waals surface area contributed by atoms with E-state index in [0.717, 1.165) is 0 Å². The molecule has 9 heteroatoms. The van der Waals surface area contributed by atoms with Gasteiger partial charge in [0.05, 0.1) is 6.04 Å². The number of carbonyl (C=O) groups is 3. The number of carbonyl (C=O) groups excluding carboxylic acids is 2. The van der Waals surface area contributed by atoms with Gasteiger partial charge in [0.15, 0.2) is 0 Å². The Bertz CT molecular complexity index is 380. The summed E-state index contributed by atoms with van der Waals surface area (Å²) in [4.78, 5) is 34.6. The zero-order valence-corrected chi connectivity index (χ0v) is 13.9. The summed E-state index contributed by atoms with van der Waals surface area (Å²) in [5.74, 6) is -2.06. The molecular weight excluding hydrogens is 314 g/mol. The molecule has 21 heavy (non-hydrogen) atoms. The first-order chi connectivity index (χ1) is 9.72. The first-order valence-electron chi connectivity index (χ1n) is 6.53. The molecule has 0 aromatic rings. The summed E-state index contributed by atoms with van der Waals surface area (Å²) in [7, 11) is 0. The van der Waals surface area contributed by atoms with E-state index in [1.807, 2.05) is 13.8 Å². The van der Waals surface area contributed by atoms with Gasteiger partial charge in [-0.25, -0.2) is 4.79 Å². The number of amides is 2. The molecule has 0 saturated carbocycles. The molecule has 0 aliphatic heterocycles. The maximum absolute atomic E-state index is 11.9. The van der Waals surface area contributed by atoms with Gasteiger partial charge in [0.2, 0.25) is 11.8 Å². The fourth-order valence-electron chi connectivity index (χ4n) is 1.55. The van der Waals surface area contributed by atoms with Gasteiger partial charge in [0.25, 0.3) is 0 Å². The molecule has 2 amide bonds. The van der Waals surface area contributed by atoms with Crippen molar-refractivity contribution in [2.45, 2.75) is 38.4 Å². The third-order valence-electron chi connectivity index (χ3n) is 2.67. The lowest BCUT2D eigenvalue weighted by molar-refractivity contribution is -0.141. The van der Waals surface area contributed by atoms with Crippen molar-refractivity contribution in [3.63, 3.8) is 0 Å². The van der Waals surface area contributed by atoms with Gasteiger partial charge in [-0.2, -0.15) is 25.3 Å². The molecule has 3 atom stereocenters. The Hall–Kier alpha value is -0.930. The Morgan fingerprint density at radius 1 is 1.05 bits per heavy atom. The predicted octanol–water partition coefficient (Wildman–Crippen LogP) is -0.726. The van der Waals surface area contributed by atoms with Crippen molar-refractivity contribution in [2.75, 3.05) is 11.5 Å². The molecule has 0 radical (unpaired) electrons. The molecule has 7 nitrogen and oxygen atoms in total. The van der Waals surface area contributed by atoms with Crippen LogP contribution in [0.15, 0.2) is 0 Å². The molecule has 0 saturated heterocycles. The minimum atomic E-state index is -1.20. The number of thiol groups is 2. The van der Waals surface area contributed by atoms with E-state index in [0.29, 0.717) is 6.42 Å². The third kappa shape index (κ3) is 7.58. The molecule has 5 N–H and O–H groups in total. The Labute approximate surface area is 135 Å². The predicted molar refractivity (Wildman–Crippen MR) is 86.6 cm³/mol. The van der Waals surface area contributed by atoms with E-state index in [1.54, 1.807) is 0 Å². The van der Waals surface area contributed by atoms with Crippen LogP contribution in [-0.4, -0.2) is 52.5 Å². The fraction of sp³-hybridized carbons (Fsp3) is 0.750. The van der Waals surface area contributed by atoms with Crippen LogP contribution in [0.1, 0.15) is 20.3 Å². The van der Waals surface area contributed by atoms with Crippen LogP contribution >= 0.6 is 25.3 Å². The van der Waals surface area contributed by atoms with Gasteiger partial charge in [0.1, 0.15) is 12.1 Å². The van der Waals surface area contributed by atoms with E-state index < -0.39 is 35.9 Å². The summed E-state index contributed by atoms with van der Waals surface area (Å²) >= 11 is 7.83. The highest BCUT2D eigenvalue weighted by Gasteiger charge is 2.26. The second kappa shape index (κ2) is 9.91. The number of nitrogens with one attached hydrogen (secondary N) is 2. The van der Waals surface area contributed by atoms with Crippen LogP contribution in [0.3, 0.4) is 0 Å². The third-order valence-corrected chi connectivity index (χ3v) is 3.41. The van der Waals surface area contributed by atoms with Gasteiger partial charge in [-0.1, -0.05) is 13.8 Å². The fourth-order valence-corrected chi connectivity index (χ4v) is 2.05. The summed E-state index contributed by atoms with van der Waals surface area (Å²) in [5.41, 5.74) is 5.72. The van der Waals surface area contributed by atoms with Crippen LogP contribution in [0.5, 0.6) is 0 Å². The summed E-state index contributed by atoms with van der Waals surface area (Å²) in [5, 5.41) is 13.6. The molecule has 0 aromatic carbocycles. The van der Waals surface area contributed by atoms with Crippen molar-refractivity contribution in [3.8, 4) is 0 Å². The first kappa shape index (κ1) is 20.1. The lowest BCUT2D eigenvalue weighted by Gasteiger charge is -2.21. The van der Waals surface area contributed by atoms with E-state index in [9.17, 15) is 14.4 Å². The minimum Gasteiger partial charge on any atom is -0.480 e. The van der Waals surface area contributed by atoms with Crippen molar-refractivity contribution in [1.29, 1.82) is 0 Å². The van der Waals surface area contributed by atoms with Gasteiger partial charge in [0, 0.05) is 11.5 Å². The standard InChI is InChI=1S/C12H23N3O4S2/c1-6(2)3-7(13)10(16)14-8(4-20)11(17)15-9(5-21)12(18)19/h6-9,20-21H,3-5,13H2,1-2H3,(H,14,16)(H,15,17)(H,18,19). The van der Waals surface area contributed by atoms with Crippen LogP contribution in [0.25, 0.3) is 0 Å². The lowest BCUT2D eigenvalue weighted by atomic mass is 10.0. The van der Waals surface area contributed by atoms with Gasteiger partial charge in [-0.15, -0.1) is 0 Å². The van der Waals surface area contributed by atoms with Crippen molar-refractivity contribution in [1.82, 2.24) is 10.6 Å². The highest BCUT2D eigenvalue weighted by molar-refractivity contribution is 7.80. The number of rotatable bonds is 9. The molecule has 0 spiro atoms. The molecule has 0 bridgehead atoms. The van der Waals surface area contributed by atoms with E-state index in [2.05, 4.69) is 35.9 Å². The Morgan fingerprint density at radius 2 is 1.52 bits per heavy atom. The van der Waals surface area contributed by atoms with E-state index >= 15 is 0 Å². The smallest absolute Gasteiger partial charge is 0.327 e. The van der Waals surface area contributed by atoms with E-state index in [-0.39, 0.29) is 17.4 Å². The summed E-state index contributed by atoms with van der Waals surface area (Å²) in [6.45, 7) is 3.86. The molecule has 0 aliphatic carbocycles. The van der Waals surface area contributed by atoms with Crippen LogP contribution in [0, 0.1) is 5.92 Å². The molecule has 0 rings (SSSR count).